The maximum atomic E-state index is 4.75. The molecule has 0 atom stereocenters. The predicted molar refractivity (Wildman–Crippen MR) is 126 cm³/mol. The summed E-state index contributed by atoms with van der Waals surface area (Å²) in [5, 5.41) is 20.5. The summed E-state index contributed by atoms with van der Waals surface area (Å²) in [5.41, 5.74) is 5.91. The first-order valence-electron chi connectivity index (χ1n) is 10.9. The Morgan fingerprint density at radius 3 is 2.97 bits per heavy atom. The number of hydrogen-bond donors (Lipinski definition) is 2. The topological polar surface area (TPSA) is 88.7 Å². The number of nitrogens with zero attached hydrogens (tertiary/aromatic N) is 6. The third kappa shape index (κ3) is 3.82. The number of benzene rings is 1. The SMILES string of the molecule is Brc1cc(-c2cn(Cc3cn4cc(CNCC5CCC5)ccc4n3)nn2)c2cn[nH]c2c1. The van der Waals surface area contributed by atoms with Crippen molar-refractivity contribution in [3.05, 3.63) is 64.8 Å². The van der Waals surface area contributed by atoms with Gasteiger partial charge < -0.3 is 9.72 Å². The van der Waals surface area contributed by atoms with Crippen LogP contribution in [0.2, 0.25) is 0 Å². The number of aromatic nitrogens is 7. The largest absolute Gasteiger partial charge is 0.312 e. The molecule has 0 radical (unpaired) electrons. The Kier molecular flexibility index (Phi) is 4.99. The molecule has 1 aromatic carbocycles. The van der Waals surface area contributed by atoms with Crippen molar-refractivity contribution in [2.45, 2.75) is 32.4 Å². The van der Waals surface area contributed by atoms with Gasteiger partial charge in [0, 0.05) is 34.4 Å². The third-order valence-corrected chi connectivity index (χ3v) is 6.67. The molecule has 6 rings (SSSR count). The highest BCUT2D eigenvalue weighted by Gasteiger charge is 2.16. The van der Waals surface area contributed by atoms with Crippen molar-refractivity contribution in [3.8, 4) is 11.3 Å². The molecule has 0 unspecified atom stereocenters. The number of aromatic amines is 1. The van der Waals surface area contributed by atoms with E-state index in [9.17, 15) is 0 Å². The Morgan fingerprint density at radius 2 is 2.09 bits per heavy atom. The van der Waals surface area contributed by atoms with Crippen LogP contribution in [0, 0.1) is 5.92 Å². The second-order valence-corrected chi connectivity index (χ2v) is 9.46. The Balaban J connectivity index is 1.19. The van der Waals surface area contributed by atoms with Crippen LogP contribution in [0.15, 0.2) is 53.5 Å². The van der Waals surface area contributed by atoms with E-state index in [0.29, 0.717) is 6.54 Å². The summed E-state index contributed by atoms with van der Waals surface area (Å²) in [6.45, 7) is 2.57. The van der Waals surface area contributed by atoms with Gasteiger partial charge in [0.1, 0.15) is 11.3 Å². The molecule has 2 N–H and O–H groups in total. The Bertz CT molecular complexity index is 1390. The maximum absolute atomic E-state index is 4.75. The summed E-state index contributed by atoms with van der Waals surface area (Å²) in [5.74, 6) is 0.868. The zero-order chi connectivity index (χ0) is 21.5. The first kappa shape index (κ1) is 19.6. The van der Waals surface area contributed by atoms with Crippen LogP contribution in [-0.4, -0.2) is 41.1 Å². The fraction of sp³-hybridized carbons (Fsp3) is 0.304. The molecule has 1 saturated carbocycles. The summed E-state index contributed by atoms with van der Waals surface area (Å²) in [6, 6.07) is 8.27. The molecular weight excluding hydrogens is 468 g/mol. The van der Waals surface area contributed by atoms with Crippen LogP contribution in [0.3, 0.4) is 0 Å². The van der Waals surface area contributed by atoms with Gasteiger partial charge in [0.25, 0.3) is 0 Å². The van der Waals surface area contributed by atoms with Gasteiger partial charge in [-0.05, 0) is 49.1 Å². The first-order valence-corrected chi connectivity index (χ1v) is 11.7. The molecule has 1 aliphatic rings. The second-order valence-electron chi connectivity index (χ2n) is 8.55. The molecule has 0 spiro atoms. The number of fused-ring (bicyclic) bond motifs is 2. The van der Waals surface area contributed by atoms with Crippen LogP contribution in [0.25, 0.3) is 27.8 Å². The lowest BCUT2D eigenvalue weighted by atomic mass is 9.85. The number of imidazole rings is 1. The maximum Gasteiger partial charge on any atom is 0.137 e. The van der Waals surface area contributed by atoms with E-state index in [1.807, 2.05) is 29.2 Å². The van der Waals surface area contributed by atoms with Gasteiger partial charge in [-0.15, -0.1) is 5.10 Å². The van der Waals surface area contributed by atoms with Crippen LogP contribution in [-0.2, 0) is 13.1 Å². The number of halogens is 1. The zero-order valence-corrected chi connectivity index (χ0v) is 19.1. The lowest BCUT2D eigenvalue weighted by Gasteiger charge is -2.25. The number of H-pyrrole nitrogens is 1. The third-order valence-electron chi connectivity index (χ3n) is 6.21. The van der Waals surface area contributed by atoms with Gasteiger partial charge in [0.05, 0.1) is 30.1 Å². The Morgan fingerprint density at radius 1 is 1.16 bits per heavy atom. The quantitative estimate of drug-likeness (QED) is 0.357. The van der Waals surface area contributed by atoms with Crippen molar-refractivity contribution in [2.24, 2.45) is 5.92 Å². The molecule has 4 aromatic heterocycles. The average Bonchev–Trinajstić information content (AvgIpc) is 3.48. The molecule has 4 heterocycles. The van der Waals surface area contributed by atoms with Crippen molar-refractivity contribution in [1.29, 1.82) is 0 Å². The number of nitrogens with one attached hydrogen (secondary N) is 2. The van der Waals surface area contributed by atoms with Gasteiger partial charge in [-0.3, -0.25) is 5.10 Å². The minimum atomic E-state index is 0.562. The minimum Gasteiger partial charge on any atom is -0.312 e. The van der Waals surface area contributed by atoms with E-state index in [2.05, 4.69) is 70.7 Å². The fourth-order valence-electron chi connectivity index (χ4n) is 4.28. The standard InChI is InChI=1S/C23H23BrN8/c24-17-6-19(20-10-26-28-21(20)7-17)22-14-32(30-29-22)13-18-12-31-11-16(4-5-23(31)27-18)9-25-8-15-2-1-3-15/h4-7,10-12,14-15,25H,1-3,8-9,13H2,(H,26,28). The predicted octanol–water partition coefficient (Wildman–Crippen LogP) is 4.17. The molecule has 32 heavy (non-hydrogen) atoms. The molecule has 0 aliphatic heterocycles. The molecule has 0 amide bonds. The lowest BCUT2D eigenvalue weighted by molar-refractivity contribution is 0.301. The van der Waals surface area contributed by atoms with E-state index in [4.69, 9.17) is 4.98 Å². The fourth-order valence-corrected chi connectivity index (χ4v) is 4.74. The van der Waals surface area contributed by atoms with E-state index >= 15 is 0 Å². The van der Waals surface area contributed by atoms with Crippen molar-refractivity contribution in [1.82, 2.24) is 39.9 Å². The van der Waals surface area contributed by atoms with Crippen LogP contribution in [0.5, 0.6) is 0 Å². The van der Waals surface area contributed by atoms with Crippen LogP contribution < -0.4 is 5.32 Å². The minimum absolute atomic E-state index is 0.562. The second kappa shape index (κ2) is 8.14. The van der Waals surface area contributed by atoms with E-state index in [1.165, 1.54) is 24.8 Å². The van der Waals surface area contributed by atoms with Crippen molar-refractivity contribution >= 4 is 32.5 Å². The number of rotatable bonds is 7. The van der Waals surface area contributed by atoms with Crippen molar-refractivity contribution in [2.75, 3.05) is 6.54 Å². The summed E-state index contributed by atoms with van der Waals surface area (Å²) in [7, 11) is 0. The molecule has 0 saturated heterocycles. The molecule has 1 aliphatic carbocycles. The number of pyridine rings is 1. The summed E-state index contributed by atoms with van der Waals surface area (Å²) < 4.78 is 4.89. The number of hydrogen-bond acceptors (Lipinski definition) is 5. The zero-order valence-electron chi connectivity index (χ0n) is 17.5. The monoisotopic (exact) mass is 490 g/mol. The van der Waals surface area contributed by atoms with Gasteiger partial charge in [-0.25, -0.2) is 9.67 Å². The molecular formula is C23H23BrN8. The van der Waals surface area contributed by atoms with E-state index in [0.717, 1.165) is 57.0 Å². The molecule has 5 aromatic rings. The average molecular weight is 491 g/mol. The summed E-state index contributed by atoms with van der Waals surface area (Å²) in [4.78, 5) is 4.75. The van der Waals surface area contributed by atoms with Crippen LogP contribution >= 0.6 is 15.9 Å². The van der Waals surface area contributed by atoms with Crippen LogP contribution in [0.1, 0.15) is 30.5 Å². The molecule has 8 nitrogen and oxygen atoms in total. The first-order chi connectivity index (χ1) is 15.7. The van der Waals surface area contributed by atoms with Crippen LogP contribution in [0.4, 0.5) is 0 Å². The van der Waals surface area contributed by atoms with E-state index in [1.54, 1.807) is 0 Å². The highest BCUT2D eigenvalue weighted by atomic mass is 79.9. The normalized spacial score (nSPS) is 14.4. The highest BCUT2D eigenvalue weighted by Crippen LogP contribution is 2.30. The van der Waals surface area contributed by atoms with Gasteiger partial charge in [-0.2, -0.15) is 5.10 Å². The van der Waals surface area contributed by atoms with Gasteiger partial charge in [-0.1, -0.05) is 33.6 Å². The van der Waals surface area contributed by atoms with Crippen molar-refractivity contribution < 1.29 is 0 Å². The van der Waals surface area contributed by atoms with E-state index < -0.39 is 0 Å². The smallest absolute Gasteiger partial charge is 0.137 e. The Labute approximate surface area is 193 Å². The molecule has 1 fully saturated rings. The van der Waals surface area contributed by atoms with E-state index in [-0.39, 0.29) is 0 Å². The van der Waals surface area contributed by atoms with Crippen molar-refractivity contribution in [3.63, 3.8) is 0 Å². The highest BCUT2D eigenvalue weighted by molar-refractivity contribution is 9.10. The lowest BCUT2D eigenvalue weighted by Crippen LogP contribution is -2.26. The van der Waals surface area contributed by atoms with Gasteiger partial charge in [0.2, 0.25) is 0 Å². The molecule has 0 bridgehead atoms. The summed E-state index contributed by atoms with van der Waals surface area (Å²) in [6.07, 6.45) is 12.1. The molecule has 9 heteroatoms. The Hall–Kier alpha value is -3.04. The van der Waals surface area contributed by atoms with Gasteiger partial charge in [0.15, 0.2) is 0 Å². The van der Waals surface area contributed by atoms with Gasteiger partial charge >= 0.3 is 0 Å². The molecule has 162 valence electrons. The summed E-state index contributed by atoms with van der Waals surface area (Å²) >= 11 is 3.56.